The van der Waals surface area contributed by atoms with E-state index in [2.05, 4.69) is 11.0 Å². The van der Waals surface area contributed by atoms with Crippen molar-refractivity contribution in [1.29, 1.82) is 0 Å². The lowest BCUT2D eigenvalue weighted by atomic mass is 9.87. The molecule has 0 amide bonds. The van der Waals surface area contributed by atoms with Crippen LogP contribution in [0.25, 0.3) is 0 Å². The van der Waals surface area contributed by atoms with Crippen molar-refractivity contribution in [3.05, 3.63) is 58.5 Å². The summed E-state index contributed by atoms with van der Waals surface area (Å²) in [6, 6.07) is 7.65. The highest BCUT2D eigenvalue weighted by atomic mass is 16.5. The van der Waals surface area contributed by atoms with Gasteiger partial charge in [-0.2, -0.15) is 0 Å². The fourth-order valence-electron chi connectivity index (χ4n) is 3.62. The molecule has 2 aromatic rings. The average molecular weight is 355 g/mol. The van der Waals surface area contributed by atoms with Crippen LogP contribution in [-0.4, -0.2) is 36.9 Å². The average Bonchev–Trinajstić information content (AvgIpc) is 3.09. The van der Waals surface area contributed by atoms with Gasteiger partial charge in [-0.3, -0.25) is 9.69 Å². The fraction of sp³-hybridized carbons (Fsp3) is 0.429. The Morgan fingerprint density at radius 1 is 1.15 bits per heavy atom. The van der Waals surface area contributed by atoms with E-state index in [-0.39, 0.29) is 17.7 Å². The third-order valence-corrected chi connectivity index (χ3v) is 5.12. The topological polar surface area (TPSA) is 59.8 Å². The zero-order valence-electron chi connectivity index (χ0n) is 15.6. The first-order valence-electron chi connectivity index (χ1n) is 8.98. The maximum atomic E-state index is 12.8. The molecule has 5 heteroatoms. The van der Waals surface area contributed by atoms with Crippen LogP contribution >= 0.6 is 0 Å². The Morgan fingerprint density at radius 3 is 2.54 bits per heavy atom. The Bertz CT molecular complexity index is 800. The number of esters is 1. The van der Waals surface area contributed by atoms with Crippen LogP contribution in [0.1, 0.15) is 50.4 Å². The molecule has 0 aliphatic carbocycles. The van der Waals surface area contributed by atoms with Crippen molar-refractivity contribution in [3.8, 4) is 0 Å². The Morgan fingerprint density at radius 2 is 1.88 bits per heavy atom. The van der Waals surface area contributed by atoms with Crippen LogP contribution in [0.3, 0.4) is 0 Å². The van der Waals surface area contributed by atoms with Gasteiger partial charge in [0.05, 0.1) is 19.9 Å². The zero-order chi connectivity index (χ0) is 18.7. The second-order valence-corrected chi connectivity index (χ2v) is 6.98. The summed E-state index contributed by atoms with van der Waals surface area (Å²) in [5, 5.41) is 0. The lowest BCUT2D eigenvalue weighted by molar-refractivity contribution is 0.0595. The standard InChI is InChI=1S/C21H25NO4/c1-14-4-5-17(15(2)12-14)20(23)16-6-9-22(10-7-16)13-19-18(8-11-26-19)21(24)25-3/h4-5,8,11-12,16H,6-7,9-10,13H2,1-3H3. The fourth-order valence-corrected chi connectivity index (χ4v) is 3.62. The van der Waals surface area contributed by atoms with Gasteiger partial charge in [0.1, 0.15) is 11.3 Å². The number of hydrogen-bond acceptors (Lipinski definition) is 5. The van der Waals surface area contributed by atoms with E-state index in [1.807, 2.05) is 26.0 Å². The molecule has 0 radical (unpaired) electrons. The maximum Gasteiger partial charge on any atom is 0.341 e. The summed E-state index contributed by atoms with van der Waals surface area (Å²) in [7, 11) is 1.36. The number of hydrogen-bond donors (Lipinski definition) is 0. The third-order valence-electron chi connectivity index (χ3n) is 5.12. The molecule has 0 bridgehead atoms. The number of benzene rings is 1. The Balaban J connectivity index is 1.60. The van der Waals surface area contributed by atoms with Gasteiger partial charge < -0.3 is 9.15 Å². The zero-order valence-corrected chi connectivity index (χ0v) is 15.6. The van der Waals surface area contributed by atoms with Crippen LogP contribution in [0.2, 0.25) is 0 Å². The largest absolute Gasteiger partial charge is 0.467 e. The number of methoxy groups -OCH3 is 1. The first-order chi connectivity index (χ1) is 12.5. The first kappa shape index (κ1) is 18.4. The van der Waals surface area contributed by atoms with Crippen LogP contribution in [0, 0.1) is 19.8 Å². The molecule has 0 atom stereocenters. The molecule has 0 unspecified atom stereocenters. The van der Waals surface area contributed by atoms with E-state index >= 15 is 0 Å². The molecule has 1 saturated heterocycles. The van der Waals surface area contributed by atoms with E-state index in [0.29, 0.717) is 17.9 Å². The number of rotatable bonds is 5. The van der Waals surface area contributed by atoms with Crippen molar-refractivity contribution in [2.45, 2.75) is 33.2 Å². The van der Waals surface area contributed by atoms with E-state index in [1.165, 1.54) is 18.9 Å². The summed E-state index contributed by atoms with van der Waals surface area (Å²) >= 11 is 0. The maximum absolute atomic E-state index is 12.8. The van der Waals surface area contributed by atoms with Crippen molar-refractivity contribution >= 4 is 11.8 Å². The minimum Gasteiger partial charge on any atom is -0.467 e. The third kappa shape index (κ3) is 3.88. The predicted octanol–water partition coefficient (Wildman–Crippen LogP) is 3.78. The van der Waals surface area contributed by atoms with Crippen LogP contribution in [0.15, 0.2) is 34.9 Å². The van der Waals surface area contributed by atoms with Crippen LogP contribution < -0.4 is 0 Å². The molecule has 0 saturated carbocycles. The monoisotopic (exact) mass is 355 g/mol. The number of carbonyl (C=O) groups is 2. The number of piperidine rings is 1. The highest BCUT2D eigenvalue weighted by Gasteiger charge is 2.28. The van der Waals surface area contributed by atoms with Crippen molar-refractivity contribution in [1.82, 2.24) is 4.90 Å². The number of carbonyl (C=O) groups excluding carboxylic acids is 2. The summed E-state index contributed by atoms with van der Waals surface area (Å²) in [4.78, 5) is 26.8. The van der Waals surface area contributed by atoms with Gasteiger partial charge in [-0.1, -0.05) is 23.8 Å². The van der Waals surface area contributed by atoms with Crippen LogP contribution in [0.4, 0.5) is 0 Å². The van der Waals surface area contributed by atoms with Gasteiger partial charge in [0.2, 0.25) is 0 Å². The Labute approximate surface area is 153 Å². The lowest BCUT2D eigenvalue weighted by Gasteiger charge is -2.31. The van der Waals surface area contributed by atoms with Crippen molar-refractivity contribution in [2.75, 3.05) is 20.2 Å². The van der Waals surface area contributed by atoms with Gasteiger partial charge in [-0.15, -0.1) is 0 Å². The van der Waals surface area contributed by atoms with E-state index in [9.17, 15) is 9.59 Å². The Kier molecular flexibility index (Phi) is 5.57. The molecule has 26 heavy (non-hydrogen) atoms. The van der Waals surface area contributed by atoms with Crippen molar-refractivity contribution < 1.29 is 18.7 Å². The molecule has 1 aliphatic rings. The number of nitrogens with zero attached hydrogens (tertiary/aromatic N) is 1. The molecular weight excluding hydrogens is 330 g/mol. The van der Waals surface area contributed by atoms with E-state index < -0.39 is 0 Å². The van der Waals surface area contributed by atoms with Crippen molar-refractivity contribution in [3.63, 3.8) is 0 Å². The number of aryl methyl sites for hydroxylation is 2. The normalized spacial score (nSPS) is 15.8. The van der Waals surface area contributed by atoms with Crippen LogP contribution in [0.5, 0.6) is 0 Å². The molecule has 1 fully saturated rings. The molecular formula is C21H25NO4. The number of Topliss-reactive ketones (excluding diaryl/α,β-unsaturated/α-hetero) is 1. The second-order valence-electron chi connectivity index (χ2n) is 6.98. The second kappa shape index (κ2) is 7.87. The molecule has 1 aromatic heterocycles. The van der Waals surface area contributed by atoms with E-state index in [4.69, 9.17) is 9.15 Å². The summed E-state index contributed by atoms with van der Waals surface area (Å²) in [5.74, 6) is 0.546. The number of ether oxygens (including phenoxy) is 1. The minimum atomic E-state index is -0.381. The molecule has 138 valence electrons. The summed E-state index contributed by atoms with van der Waals surface area (Å²) < 4.78 is 10.2. The number of likely N-dealkylation sites (tertiary alicyclic amines) is 1. The van der Waals surface area contributed by atoms with Gasteiger partial charge in [0.25, 0.3) is 0 Å². The highest BCUT2D eigenvalue weighted by Crippen LogP contribution is 2.25. The van der Waals surface area contributed by atoms with Gasteiger partial charge in [0, 0.05) is 11.5 Å². The molecule has 5 nitrogen and oxygen atoms in total. The molecule has 0 N–H and O–H groups in total. The van der Waals surface area contributed by atoms with Gasteiger partial charge >= 0.3 is 5.97 Å². The molecule has 3 rings (SSSR count). The predicted molar refractivity (Wildman–Crippen MR) is 98.3 cm³/mol. The number of furan rings is 1. The van der Waals surface area contributed by atoms with E-state index in [1.54, 1.807) is 6.07 Å². The van der Waals surface area contributed by atoms with Crippen molar-refractivity contribution in [2.24, 2.45) is 5.92 Å². The highest BCUT2D eigenvalue weighted by molar-refractivity contribution is 5.99. The van der Waals surface area contributed by atoms with Gasteiger partial charge in [0.15, 0.2) is 5.78 Å². The quantitative estimate of drug-likeness (QED) is 0.603. The minimum absolute atomic E-state index is 0.0596. The smallest absolute Gasteiger partial charge is 0.341 e. The summed E-state index contributed by atoms with van der Waals surface area (Å²) in [5.41, 5.74) is 3.54. The SMILES string of the molecule is COC(=O)c1ccoc1CN1CCC(C(=O)c2ccc(C)cc2C)CC1. The molecule has 1 aliphatic heterocycles. The Hall–Kier alpha value is -2.40. The van der Waals surface area contributed by atoms with E-state index in [0.717, 1.165) is 37.1 Å². The molecule has 1 aromatic carbocycles. The van der Waals surface area contributed by atoms with Gasteiger partial charge in [-0.25, -0.2) is 4.79 Å². The lowest BCUT2D eigenvalue weighted by Crippen LogP contribution is -2.36. The summed E-state index contributed by atoms with van der Waals surface area (Å²) in [6.07, 6.45) is 3.15. The molecule has 2 heterocycles. The number of ketones is 1. The first-order valence-corrected chi connectivity index (χ1v) is 8.98. The summed E-state index contributed by atoms with van der Waals surface area (Å²) in [6.45, 7) is 6.21. The van der Waals surface area contributed by atoms with Gasteiger partial charge in [-0.05, 0) is 51.4 Å². The molecule has 0 spiro atoms. The van der Waals surface area contributed by atoms with Crippen LogP contribution in [-0.2, 0) is 11.3 Å².